The minimum absolute atomic E-state index is 0.0391. The van der Waals surface area contributed by atoms with Crippen LogP contribution >= 0.6 is 11.6 Å². The van der Waals surface area contributed by atoms with Crippen molar-refractivity contribution in [3.05, 3.63) is 34.6 Å². The highest BCUT2D eigenvalue weighted by atomic mass is 35.5. The number of nitrogens with zero attached hydrogens (tertiary/aromatic N) is 1. The quantitative estimate of drug-likeness (QED) is 0.806. The first-order valence-corrected chi connectivity index (χ1v) is 6.92. The summed E-state index contributed by atoms with van der Waals surface area (Å²) in [5, 5.41) is 9.13. The van der Waals surface area contributed by atoms with Crippen LogP contribution in [0.3, 0.4) is 0 Å². The Hall–Kier alpha value is -1.40. The van der Waals surface area contributed by atoms with Gasteiger partial charge in [0.15, 0.2) is 5.78 Å². The molecular formula is C16H19ClFNO. The van der Waals surface area contributed by atoms with Gasteiger partial charge in [-0.1, -0.05) is 51.4 Å². The maximum absolute atomic E-state index is 13.9. The summed E-state index contributed by atoms with van der Waals surface area (Å²) in [5.41, 5.74) is 0.0221. The first-order chi connectivity index (χ1) is 9.18. The summed E-state index contributed by atoms with van der Waals surface area (Å²) >= 11 is 5.70. The predicted octanol–water partition coefficient (Wildman–Crippen LogP) is 4.73. The fourth-order valence-electron chi connectivity index (χ4n) is 1.78. The molecular weight excluding hydrogens is 277 g/mol. The van der Waals surface area contributed by atoms with E-state index in [2.05, 4.69) is 0 Å². The van der Waals surface area contributed by atoms with Crippen LogP contribution in [-0.2, 0) is 4.79 Å². The van der Waals surface area contributed by atoms with Gasteiger partial charge in [0.2, 0.25) is 0 Å². The van der Waals surface area contributed by atoms with Crippen molar-refractivity contribution >= 4 is 17.4 Å². The molecule has 0 radical (unpaired) electrons. The summed E-state index contributed by atoms with van der Waals surface area (Å²) in [6.45, 7) is 8.06. The van der Waals surface area contributed by atoms with Crippen molar-refractivity contribution in [1.29, 1.82) is 5.26 Å². The Balaban J connectivity index is 3.00. The summed E-state index contributed by atoms with van der Waals surface area (Å²) < 4.78 is 13.9. The first kappa shape index (κ1) is 16.7. The van der Waals surface area contributed by atoms with Gasteiger partial charge in [-0.15, -0.1) is 0 Å². The van der Waals surface area contributed by atoms with Crippen LogP contribution in [0.4, 0.5) is 4.39 Å². The molecule has 1 aromatic rings. The molecule has 0 saturated carbocycles. The predicted molar refractivity (Wildman–Crippen MR) is 78.0 cm³/mol. The standard InChI is InChI=1S/C16H19ClFNO/c1-10(16(2,3)4)8-14(20)12(9-19)11-6-5-7-13(17)15(11)18/h5-7,10,12H,8H2,1-4H3. The Morgan fingerprint density at radius 3 is 2.55 bits per heavy atom. The van der Waals surface area contributed by atoms with E-state index in [0.717, 1.165) is 0 Å². The number of Topliss-reactive ketones (excluding diaryl/α,β-unsaturated/α-hetero) is 1. The molecule has 108 valence electrons. The molecule has 0 N–H and O–H groups in total. The van der Waals surface area contributed by atoms with Gasteiger partial charge < -0.3 is 0 Å². The molecule has 2 unspecified atom stereocenters. The minimum atomic E-state index is -1.10. The van der Waals surface area contributed by atoms with Gasteiger partial charge in [-0.05, 0) is 17.4 Å². The molecule has 0 saturated heterocycles. The lowest BCUT2D eigenvalue weighted by Crippen LogP contribution is -2.23. The van der Waals surface area contributed by atoms with Gasteiger partial charge >= 0.3 is 0 Å². The number of carbonyl (C=O) groups is 1. The van der Waals surface area contributed by atoms with E-state index in [1.165, 1.54) is 12.1 Å². The molecule has 0 bridgehead atoms. The van der Waals surface area contributed by atoms with Crippen molar-refractivity contribution < 1.29 is 9.18 Å². The van der Waals surface area contributed by atoms with Gasteiger partial charge in [0.25, 0.3) is 0 Å². The van der Waals surface area contributed by atoms with Gasteiger partial charge in [-0.2, -0.15) is 5.26 Å². The van der Waals surface area contributed by atoms with Crippen LogP contribution in [0.5, 0.6) is 0 Å². The second kappa shape index (κ2) is 6.37. The van der Waals surface area contributed by atoms with Gasteiger partial charge in [0.1, 0.15) is 11.7 Å². The highest BCUT2D eigenvalue weighted by molar-refractivity contribution is 6.30. The zero-order valence-corrected chi connectivity index (χ0v) is 13.0. The van der Waals surface area contributed by atoms with E-state index in [4.69, 9.17) is 11.6 Å². The summed E-state index contributed by atoms with van der Waals surface area (Å²) in [5.74, 6) is -1.94. The molecule has 0 spiro atoms. The van der Waals surface area contributed by atoms with E-state index in [-0.39, 0.29) is 34.1 Å². The molecule has 4 heteroatoms. The van der Waals surface area contributed by atoms with E-state index in [9.17, 15) is 14.4 Å². The summed E-state index contributed by atoms with van der Waals surface area (Å²) in [4.78, 5) is 12.3. The number of nitriles is 1. The summed E-state index contributed by atoms with van der Waals surface area (Å²) in [7, 11) is 0. The second-order valence-electron chi connectivity index (χ2n) is 6.14. The Bertz CT molecular complexity index is 542. The van der Waals surface area contributed by atoms with E-state index < -0.39 is 11.7 Å². The third-order valence-corrected chi connectivity index (χ3v) is 4.02. The van der Waals surface area contributed by atoms with Crippen LogP contribution in [0.1, 0.15) is 45.6 Å². The molecule has 0 aliphatic heterocycles. The average molecular weight is 296 g/mol. The number of carbonyl (C=O) groups excluding carboxylic acids is 1. The van der Waals surface area contributed by atoms with Crippen molar-refractivity contribution in [2.24, 2.45) is 11.3 Å². The van der Waals surface area contributed by atoms with E-state index >= 15 is 0 Å². The third-order valence-electron chi connectivity index (χ3n) is 3.73. The lowest BCUT2D eigenvalue weighted by Gasteiger charge is -2.27. The molecule has 2 nitrogen and oxygen atoms in total. The molecule has 0 aromatic heterocycles. The maximum Gasteiger partial charge on any atom is 0.154 e. The van der Waals surface area contributed by atoms with Gasteiger partial charge in [0, 0.05) is 12.0 Å². The van der Waals surface area contributed by atoms with Crippen molar-refractivity contribution in [1.82, 2.24) is 0 Å². The van der Waals surface area contributed by atoms with Gasteiger partial charge in [-0.25, -0.2) is 4.39 Å². The number of rotatable bonds is 4. The van der Waals surface area contributed by atoms with Crippen molar-refractivity contribution in [3.63, 3.8) is 0 Å². The summed E-state index contributed by atoms with van der Waals surface area (Å²) in [6, 6.07) is 6.28. The first-order valence-electron chi connectivity index (χ1n) is 6.54. The van der Waals surface area contributed by atoms with Crippen LogP contribution in [0.25, 0.3) is 0 Å². The molecule has 0 aliphatic rings. The van der Waals surface area contributed by atoms with Crippen LogP contribution in [-0.4, -0.2) is 5.78 Å². The molecule has 1 aromatic carbocycles. The molecule has 0 amide bonds. The number of hydrogen-bond donors (Lipinski definition) is 0. The third kappa shape index (κ3) is 3.80. The lowest BCUT2D eigenvalue weighted by molar-refractivity contribution is -0.121. The van der Waals surface area contributed by atoms with Crippen LogP contribution < -0.4 is 0 Å². The van der Waals surface area contributed by atoms with Crippen LogP contribution in [0.2, 0.25) is 5.02 Å². The fraction of sp³-hybridized carbons (Fsp3) is 0.500. The molecule has 0 heterocycles. The topological polar surface area (TPSA) is 40.9 Å². The Morgan fingerprint density at radius 2 is 2.05 bits per heavy atom. The molecule has 2 atom stereocenters. The molecule has 0 aliphatic carbocycles. The number of halogens is 2. The minimum Gasteiger partial charge on any atom is -0.298 e. The van der Waals surface area contributed by atoms with E-state index in [0.29, 0.717) is 0 Å². The van der Waals surface area contributed by atoms with Crippen LogP contribution in [0.15, 0.2) is 18.2 Å². The zero-order chi connectivity index (χ0) is 15.5. The highest BCUT2D eigenvalue weighted by Crippen LogP contribution is 2.32. The Labute approximate surface area is 124 Å². The SMILES string of the molecule is CC(CC(=O)C(C#N)c1cccc(Cl)c1F)C(C)(C)C. The number of hydrogen-bond acceptors (Lipinski definition) is 2. The smallest absolute Gasteiger partial charge is 0.154 e. The highest BCUT2D eigenvalue weighted by Gasteiger charge is 2.29. The number of benzene rings is 1. The molecule has 20 heavy (non-hydrogen) atoms. The van der Waals surface area contributed by atoms with Crippen molar-refractivity contribution in [3.8, 4) is 6.07 Å². The normalized spacial score (nSPS) is 14.4. The van der Waals surface area contributed by atoms with Crippen LogP contribution in [0, 0.1) is 28.5 Å². The Morgan fingerprint density at radius 1 is 1.45 bits per heavy atom. The molecule has 0 fully saturated rings. The number of ketones is 1. The average Bonchev–Trinajstić information content (AvgIpc) is 2.34. The largest absolute Gasteiger partial charge is 0.298 e. The van der Waals surface area contributed by atoms with E-state index in [1.807, 2.05) is 33.8 Å². The second-order valence-corrected chi connectivity index (χ2v) is 6.55. The van der Waals surface area contributed by atoms with Gasteiger partial charge in [0.05, 0.1) is 11.1 Å². The molecule has 1 rings (SSSR count). The Kier molecular flexibility index (Phi) is 5.30. The van der Waals surface area contributed by atoms with E-state index in [1.54, 1.807) is 6.07 Å². The summed E-state index contributed by atoms with van der Waals surface area (Å²) in [6.07, 6.45) is 0.244. The fourth-order valence-corrected chi connectivity index (χ4v) is 1.97. The lowest BCUT2D eigenvalue weighted by atomic mass is 9.77. The van der Waals surface area contributed by atoms with Crippen molar-refractivity contribution in [2.45, 2.75) is 40.0 Å². The maximum atomic E-state index is 13.9. The van der Waals surface area contributed by atoms with Crippen molar-refractivity contribution in [2.75, 3.05) is 0 Å². The van der Waals surface area contributed by atoms with Gasteiger partial charge in [-0.3, -0.25) is 4.79 Å². The monoisotopic (exact) mass is 295 g/mol. The zero-order valence-electron chi connectivity index (χ0n) is 12.2.